The number of hydrogen-bond donors (Lipinski definition) is 2. The van der Waals surface area contributed by atoms with E-state index in [1.807, 2.05) is 4.90 Å². The number of carboxylic acid groups (broad SMARTS) is 1. The number of H-pyrrole nitrogens is 1. The van der Waals surface area contributed by atoms with E-state index in [2.05, 4.69) is 22.1 Å². The molecule has 1 aromatic heterocycles. The standard InChI is InChI=1S/C14H22N4O.C2HF3O2/c1-17-9-5-14(6-10-17)4-2-8-18(11-14)13(19)12-3-7-15-16-12;3-2(4,5)1(6)7/h3,7H,2,4-6,8-11H2,1H3,(H,15,16);(H,6,7). The van der Waals surface area contributed by atoms with E-state index in [4.69, 9.17) is 9.90 Å². The van der Waals surface area contributed by atoms with Gasteiger partial charge in [0.1, 0.15) is 5.69 Å². The molecule has 0 saturated carbocycles. The molecule has 0 aromatic carbocycles. The molecule has 2 saturated heterocycles. The molecule has 0 bridgehead atoms. The van der Waals surface area contributed by atoms with Crippen molar-refractivity contribution in [3.63, 3.8) is 0 Å². The van der Waals surface area contributed by atoms with Gasteiger partial charge in [-0.15, -0.1) is 0 Å². The molecule has 2 aliphatic heterocycles. The molecule has 7 nitrogen and oxygen atoms in total. The van der Waals surface area contributed by atoms with Crippen molar-refractivity contribution in [1.82, 2.24) is 20.0 Å². The number of nitrogens with one attached hydrogen (secondary N) is 1. The fourth-order valence-electron chi connectivity index (χ4n) is 3.43. The number of carbonyl (C=O) groups is 2. The van der Waals surface area contributed by atoms with E-state index in [0.29, 0.717) is 11.1 Å². The Morgan fingerprint density at radius 1 is 1.23 bits per heavy atom. The maximum Gasteiger partial charge on any atom is 0.490 e. The van der Waals surface area contributed by atoms with Gasteiger partial charge in [0.2, 0.25) is 0 Å². The summed E-state index contributed by atoms with van der Waals surface area (Å²) in [6.07, 6.45) is 1.40. The highest BCUT2D eigenvalue weighted by molar-refractivity contribution is 5.92. The third-order valence-electron chi connectivity index (χ3n) is 4.97. The lowest BCUT2D eigenvalue weighted by molar-refractivity contribution is -0.192. The number of carboxylic acids is 1. The average Bonchev–Trinajstić information content (AvgIpc) is 3.12. The molecule has 2 fully saturated rings. The van der Waals surface area contributed by atoms with Crippen molar-refractivity contribution in [3.8, 4) is 0 Å². The summed E-state index contributed by atoms with van der Waals surface area (Å²) in [5.74, 6) is -2.65. The van der Waals surface area contributed by atoms with Crippen LogP contribution in [0.5, 0.6) is 0 Å². The molecule has 1 aromatic rings. The normalized spacial score (nSPS) is 20.4. The molecule has 1 amide bonds. The Morgan fingerprint density at radius 2 is 1.85 bits per heavy atom. The molecule has 146 valence electrons. The fraction of sp³-hybridized carbons (Fsp3) is 0.688. The second kappa shape index (κ2) is 8.07. The number of aromatic nitrogens is 2. The maximum absolute atomic E-state index is 12.4. The molecular formula is C16H23F3N4O3. The van der Waals surface area contributed by atoms with Gasteiger partial charge in [-0.3, -0.25) is 9.89 Å². The van der Waals surface area contributed by atoms with Gasteiger partial charge in [-0.25, -0.2) is 4.79 Å². The Kier molecular flexibility index (Phi) is 6.27. The first-order valence-electron chi connectivity index (χ1n) is 8.40. The van der Waals surface area contributed by atoms with E-state index in [1.54, 1.807) is 12.3 Å². The molecule has 1 spiro atoms. The number of piperidine rings is 2. The summed E-state index contributed by atoms with van der Waals surface area (Å²) in [4.78, 5) is 25.7. The lowest BCUT2D eigenvalue weighted by atomic mass is 9.72. The maximum atomic E-state index is 12.4. The van der Waals surface area contributed by atoms with Gasteiger partial charge in [-0.1, -0.05) is 0 Å². The van der Waals surface area contributed by atoms with Crippen LogP contribution in [0.15, 0.2) is 12.3 Å². The minimum absolute atomic E-state index is 0.107. The average molecular weight is 376 g/mol. The summed E-state index contributed by atoms with van der Waals surface area (Å²) in [6.45, 7) is 4.12. The second-order valence-electron chi connectivity index (χ2n) is 6.91. The van der Waals surface area contributed by atoms with E-state index in [1.165, 1.54) is 19.3 Å². The van der Waals surface area contributed by atoms with Crippen LogP contribution >= 0.6 is 0 Å². The first kappa shape index (κ1) is 20.2. The van der Waals surface area contributed by atoms with Crippen molar-refractivity contribution >= 4 is 11.9 Å². The van der Waals surface area contributed by atoms with Crippen LogP contribution in [-0.4, -0.2) is 76.4 Å². The molecule has 2 aliphatic rings. The second-order valence-corrected chi connectivity index (χ2v) is 6.91. The summed E-state index contributed by atoms with van der Waals surface area (Å²) in [5.41, 5.74) is 0.977. The van der Waals surface area contributed by atoms with Crippen LogP contribution in [0.25, 0.3) is 0 Å². The third kappa shape index (κ3) is 5.20. The van der Waals surface area contributed by atoms with E-state index in [0.717, 1.165) is 32.6 Å². The number of amides is 1. The summed E-state index contributed by atoms with van der Waals surface area (Å²) >= 11 is 0. The molecule has 2 N–H and O–H groups in total. The van der Waals surface area contributed by atoms with Gasteiger partial charge in [0, 0.05) is 19.3 Å². The smallest absolute Gasteiger partial charge is 0.475 e. The Labute approximate surface area is 149 Å². The van der Waals surface area contributed by atoms with E-state index in [-0.39, 0.29) is 5.91 Å². The van der Waals surface area contributed by atoms with E-state index < -0.39 is 12.1 Å². The van der Waals surface area contributed by atoms with Crippen molar-refractivity contribution in [2.75, 3.05) is 33.2 Å². The Bertz CT molecular complexity index is 611. The predicted molar refractivity (Wildman–Crippen MR) is 86.6 cm³/mol. The highest BCUT2D eigenvalue weighted by Gasteiger charge is 2.39. The zero-order valence-corrected chi connectivity index (χ0v) is 14.6. The number of halogens is 3. The van der Waals surface area contributed by atoms with Gasteiger partial charge >= 0.3 is 12.1 Å². The monoisotopic (exact) mass is 376 g/mol. The minimum Gasteiger partial charge on any atom is -0.475 e. The number of carbonyl (C=O) groups excluding carboxylic acids is 1. The zero-order chi connectivity index (χ0) is 19.4. The highest BCUT2D eigenvalue weighted by Crippen LogP contribution is 2.39. The van der Waals surface area contributed by atoms with Crippen LogP contribution in [0.4, 0.5) is 13.2 Å². The summed E-state index contributed by atoms with van der Waals surface area (Å²) in [5, 5.41) is 13.8. The first-order valence-corrected chi connectivity index (χ1v) is 8.40. The van der Waals surface area contributed by atoms with Gasteiger partial charge in [0.15, 0.2) is 0 Å². The largest absolute Gasteiger partial charge is 0.490 e. The minimum atomic E-state index is -5.08. The van der Waals surface area contributed by atoms with Gasteiger partial charge in [0.05, 0.1) is 0 Å². The van der Waals surface area contributed by atoms with Crippen LogP contribution in [0.2, 0.25) is 0 Å². The molecule has 0 unspecified atom stereocenters. The number of likely N-dealkylation sites (tertiary alicyclic amines) is 2. The zero-order valence-electron chi connectivity index (χ0n) is 14.6. The fourth-order valence-corrected chi connectivity index (χ4v) is 3.43. The Balaban J connectivity index is 0.000000298. The lowest BCUT2D eigenvalue weighted by Gasteiger charge is -2.47. The van der Waals surface area contributed by atoms with Gasteiger partial charge in [-0.2, -0.15) is 18.3 Å². The van der Waals surface area contributed by atoms with Crippen LogP contribution < -0.4 is 0 Å². The molecule has 0 radical (unpaired) electrons. The van der Waals surface area contributed by atoms with Crippen LogP contribution in [0, 0.1) is 5.41 Å². The predicted octanol–water partition coefficient (Wildman–Crippen LogP) is 1.99. The number of aliphatic carboxylic acids is 1. The first-order chi connectivity index (χ1) is 12.1. The quantitative estimate of drug-likeness (QED) is 0.782. The molecule has 10 heteroatoms. The number of hydrogen-bond acceptors (Lipinski definition) is 4. The topological polar surface area (TPSA) is 89.5 Å². The molecule has 0 atom stereocenters. The number of aromatic amines is 1. The van der Waals surface area contributed by atoms with Crippen molar-refractivity contribution in [2.45, 2.75) is 31.9 Å². The summed E-state index contributed by atoms with van der Waals surface area (Å²) < 4.78 is 31.7. The molecule has 3 rings (SSSR count). The van der Waals surface area contributed by atoms with Crippen molar-refractivity contribution in [1.29, 1.82) is 0 Å². The number of alkyl halides is 3. The highest BCUT2D eigenvalue weighted by atomic mass is 19.4. The van der Waals surface area contributed by atoms with E-state index >= 15 is 0 Å². The molecular weight excluding hydrogens is 353 g/mol. The molecule has 26 heavy (non-hydrogen) atoms. The van der Waals surface area contributed by atoms with Crippen LogP contribution in [0.1, 0.15) is 36.2 Å². The lowest BCUT2D eigenvalue weighted by Crippen LogP contribution is -2.50. The summed E-state index contributed by atoms with van der Waals surface area (Å²) in [6, 6.07) is 1.76. The number of rotatable bonds is 1. The third-order valence-corrected chi connectivity index (χ3v) is 4.97. The van der Waals surface area contributed by atoms with Gasteiger partial charge in [0.25, 0.3) is 5.91 Å². The van der Waals surface area contributed by atoms with Crippen LogP contribution in [-0.2, 0) is 4.79 Å². The van der Waals surface area contributed by atoms with E-state index in [9.17, 15) is 18.0 Å². The Morgan fingerprint density at radius 3 is 2.35 bits per heavy atom. The van der Waals surface area contributed by atoms with Crippen molar-refractivity contribution in [2.24, 2.45) is 5.41 Å². The van der Waals surface area contributed by atoms with Crippen molar-refractivity contribution in [3.05, 3.63) is 18.0 Å². The molecule has 3 heterocycles. The van der Waals surface area contributed by atoms with Crippen LogP contribution in [0.3, 0.4) is 0 Å². The Hall–Kier alpha value is -2.10. The SMILES string of the molecule is CN1CCC2(CCCN(C(=O)c3ccn[nH]3)C2)CC1.O=C(O)C(F)(F)F. The van der Waals surface area contributed by atoms with Gasteiger partial charge in [-0.05, 0) is 57.3 Å². The van der Waals surface area contributed by atoms with Crippen molar-refractivity contribution < 1.29 is 27.9 Å². The van der Waals surface area contributed by atoms with Gasteiger partial charge < -0.3 is 14.9 Å². The number of nitrogens with zero attached hydrogens (tertiary/aromatic N) is 3. The summed E-state index contributed by atoms with van der Waals surface area (Å²) in [7, 11) is 2.18. The molecule has 0 aliphatic carbocycles.